The van der Waals surface area contributed by atoms with Gasteiger partial charge in [0, 0.05) is 31.9 Å². The Morgan fingerprint density at radius 3 is 2.96 bits per heavy atom. The molecule has 4 heteroatoms. The lowest BCUT2D eigenvalue weighted by Crippen LogP contribution is -2.33. The molecule has 1 aliphatic carbocycles. The van der Waals surface area contributed by atoms with Crippen molar-refractivity contribution in [2.75, 3.05) is 6.54 Å². The minimum absolute atomic E-state index is 0.126. The van der Waals surface area contributed by atoms with Crippen LogP contribution in [-0.2, 0) is 17.8 Å². The van der Waals surface area contributed by atoms with E-state index in [1.165, 1.54) is 11.1 Å². The molecule has 0 N–H and O–H groups in total. The van der Waals surface area contributed by atoms with Gasteiger partial charge in [-0.15, -0.1) is 0 Å². The highest BCUT2D eigenvalue weighted by Crippen LogP contribution is 2.34. The molecule has 0 radical (unpaired) electrons. The van der Waals surface area contributed by atoms with Crippen molar-refractivity contribution < 1.29 is 4.79 Å². The Balaban J connectivity index is 1.71. The monoisotopic (exact) mass is 333 g/mol. The molecule has 0 fully saturated rings. The van der Waals surface area contributed by atoms with Gasteiger partial charge in [0.15, 0.2) is 0 Å². The number of nitriles is 1. The van der Waals surface area contributed by atoms with Crippen LogP contribution in [0, 0.1) is 11.3 Å². The smallest absolute Gasteiger partial charge is 0.223 e. The van der Waals surface area contributed by atoms with E-state index in [1.807, 2.05) is 12.1 Å². The Morgan fingerprint density at radius 1 is 1.28 bits per heavy atom. The zero-order chi connectivity index (χ0) is 17.5. The van der Waals surface area contributed by atoms with Gasteiger partial charge in [-0.05, 0) is 47.9 Å². The van der Waals surface area contributed by atoms with Crippen LogP contribution >= 0.6 is 0 Å². The fourth-order valence-electron chi connectivity index (χ4n) is 3.60. The molecule has 0 spiro atoms. The van der Waals surface area contributed by atoms with E-state index in [4.69, 9.17) is 5.26 Å². The van der Waals surface area contributed by atoms with Crippen molar-refractivity contribution in [3.05, 3.63) is 65.5 Å². The molecular weight excluding hydrogens is 310 g/mol. The number of aryl methyl sites for hydroxylation is 1. The molecule has 2 aromatic rings. The zero-order valence-corrected chi connectivity index (χ0v) is 14.4. The normalized spacial score (nSPS) is 15.9. The maximum absolute atomic E-state index is 12.9. The largest absolute Gasteiger partial charge is 0.337 e. The third-order valence-electron chi connectivity index (χ3n) is 4.86. The number of hydrogen-bond acceptors (Lipinski definition) is 3. The fourth-order valence-corrected chi connectivity index (χ4v) is 3.60. The lowest BCUT2D eigenvalue weighted by atomic mass is 9.81. The molecule has 25 heavy (non-hydrogen) atoms. The minimum Gasteiger partial charge on any atom is -0.337 e. The number of fused-ring (bicyclic) bond motifs is 1. The van der Waals surface area contributed by atoms with Crippen LogP contribution < -0.4 is 0 Å². The number of hydrogen-bond donors (Lipinski definition) is 0. The molecule has 1 unspecified atom stereocenters. The Bertz CT molecular complexity index is 751. The first-order valence-corrected chi connectivity index (χ1v) is 8.89. The summed E-state index contributed by atoms with van der Waals surface area (Å²) < 4.78 is 0. The van der Waals surface area contributed by atoms with Crippen LogP contribution in [0.15, 0.2) is 48.8 Å². The summed E-state index contributed by atoms with van der Waals surface area (Å²) >= 11 is 0. The number of pyridine rings is 1. The van der Waals surface area contributed by atoms with Gasteiger partial charge in [0.2, 0.25) is 5.91 Å². The van der Waals surface area contributed by atoms with Crippen molar-refractivity contribution in [3.63, 3.8) is 0 Å². The standard InChI is InChI=1S/C21H23N3O/c22-11-5-13-24(16-17-6-4-12-23-15-17)21(25)14-19-9-3-8-18-7-1-2-10-20(18)19/h1-2,4,6-7,10,12,15,19H,3,5,8-9,13-14,16H2. The number of nitrogens with zero attached hydrogens (tertiary/aromatic N) is 3. The van der Waals surface area contributed by atoms with E-state index in [2.05, 4.69) is 35.3 Å². The predicted molar refractivity (Wildman–Crippen MR) is 96.6 cm³/mol. The highest BCUT2D eigenvalue weighted by Gasteiger charge is 2.24. The van der Waals surface area contributed by atoms with Gasteiger partial charge in [-0.2, -0.15) is 5.26 Å². The van der Waals surface area contributed by atoms with E-state index in [1.54, 1.807) is 17.3 Å². The molecule has 0 bridgehead atoms. The van der Waals surface area contributed by atoms with Crippen LogP contribution in [0.4, 0.5) is 0 Å². The van der Waals surface area contributed by atoms with Gasteiger partial charge in [-0.1, -0.05) is 30.3 Å². The average molecular weight is 333 g/mol. The second kappa shape index (κ2) is 8.43. The average Bonchev–Trinajstić information content (AvgIpc) is 2.66. The quantitative estimate of drug-likeness (QED) is 0.807. The lowest BCUT2D eigenvalue weighted by Gasteiger charge is -2.28. The van der Waals surface area contributed by atoms with Crippen LogP contribution in [0.25, 0.3) is 0 Å². The van der Waals surface area contributed by atoms with E-state index in [0.29, 0.717) is 25.9 Å². The first-order chi connectivity index (χ1) is 12.3. The summed E-state index contributed by atoms with van der Waals surface area (Å²) in [4.78, 5) is 18.9. The van der Waals surface area contributed by atoms with E-state index >= 15 is 0 Å². The zero-order valence-electron chi connectivity index (χ0n) is 14.4. The molecule has 1 aromatic heterocycles. The summed E-state index contributed by atoms with van der Waals surface area (Å²) in [7, 11) is 0. The molecule has 1 aliphatic rings. The lowest BCUT2D eigenvalue weighted by molar-refractivity contribution is -0.132. The van der Waals surface area contributed by atoms with E-state index in [-0.39, 0.29) is 11.8 Å². The van der Waals surface area contributed by atoms with Crippen LogP contribution in [0.5, 0.6) is 0 Å². The Labute approximate surface area is 149 Å². The van der Waals surface area contributed by atoms with Gasteiger partial charge in [-0.25, -0.2) is 0 Å². The second-order valence-electron chi connectivity index (χ2n) is 6.58. The first kappa shape index (κ1) is 17.2. The maximum atomic E-state index is 12.9. The number of carbonyl (C=O) groups excluding carboxylic acids is 1. The number of rotatable bonds is 6. The molecule has 0 aliphatic heterocycles. The molecule has 4 nitrogen and oxygen atoms in total. The van der Waals surface area contributed by atoms with Crippen molar-refractivity contribution in [2.45, 2.75) is 44.6 Å². The van der Waals surface area contributed by atoms with Crippen LogP contribution in [0.2, 0.25) is 0 Å². The first-order valence-electron chi connectivity index (χ1n) is 8.89. The second-order valence-corrected chi connectivity index (χ2v) is 6.58. The van der Waals surface area contributed by atoms with Gasteiger partial charge in [0.05, 0.1) is 12.5 Å². The van der Waals surface area contributed by atoms with Crippen molar-refractivity contribution in [1.82, 2.24) is 9.88 Å². The van der Waals surface area contributed by atoms with Crippen LogP contribution in [0.1, 0.15) is 48.3 Å². The molecule has 128 valence electrons. The van der Waals surface area contributed by atoms with Crippen molar-refractivity contribution >= 4 is 5.91 Å². The summed E-state index contributed by atoms with van der Waals surface area (Å²) in [6.07, 6.45) is 7.68. The molecule has 1 amide bonds. The molecule has 1 atom stereocenters. The summed E-state index contributed by atoms with van der Waals surface area (Å²) in [5.41, 5.74) is 3.70. The summed E-state index contributed by atoms with van der Waals surface area (Å²) in [6.45, 7) is 0.987. The molecule has 1 aromatic carbocycles. The van der Waals surface area contributed by atoms with Crippen LogP contribution in [0.3, 0.4) is 0 Å². The van der Waals surface area contributed by atoms with Gasteiger partial charge in [-0.3, -0.25) is 9.78 Å². The summed E-state index contributed by atoms with van der Waals surface area (Å²) in [6, 6.07) is 14.5. The highest BCUT2D eigenvalue weighted by atomic mass is 16.2. The predicted octanol–water partition coefficient (Wildman–Crippen LogP) is 3.83. The number of aromatic nitrogens is 1. The highest BCUT2D eigenvalue weighted by molar-refractivity contribution is 5.77. The molecule has 0 saturated carbocycles. The SMILES string of the molecule is N#CCCN(Cc1cccnc1)C(=O)CC1CCCc2ccccc21. The third-order valence-corrected chi connectivity index (χ3v) is 4.86. The van der Waals surface area contributed by atoms with Crippen LogP contribution in [-0.4, -0.2) is 22.3 Å². The molecular formula is C21H23N3O. The molecule has 0 saturated heterocycles. The topological polar surface area (TPSA) is 57.0 Å². The number of benzene rings is 1. The van der Waals surface area contributed by atoms with Gasteiger partial charge in [0.1, 0.15) is 0 Å². The van der Waals surface area contributed by atoms with E-state index in [0.717, 1.165) is 24.8 Å². The minimum atomic E-state index is 0.126. The molecule has 3 rings (SSSR count). The third kappa shape index (κ3) is 4.45. The fraction of sp³-hybridized carbons (Fsp3) is 0.381. The molecule has 1 heterocycles. The van der Waals surface area contributed by atoms with Crippen molar-refractivity contribution in [1.29, 1.82) is 5.26 Å². The van der Waals surface area contributed by atoms with E-state index in [9.17, 15) is 4.79 Å². The van der Waals surface area contributed by atoms with Gasteiger partial charge < -0.3 is 4.90 Å². The van der Waals surface area contributed by atoms with Gasteiger partial charge >= 0.3 is 0 Å². The summed E-state index contributed by atoms with van der Waals surface area (Å²) in [5.74, 6) is 0.414. The number of amides is 1. The van der Waals surface area contributed by atoms with E-state index < -0.39 is 0 Å². The maximum Gasteiger partial charge on any atom is 0.223 e. The van der Waals surface area contributed by atoms with Gasteiger partial charge in [0.25, 0.3) is 0 Å². The number of carbonyl (C=O) groups is 1. The Kier molecular flexibility index (Phi) is 5.79. The Morgan fingerprint density at radius 2 is 2.16 bits per heavy atom. The van der Waals surface area contributed by atoms with Crippen molar-refractivity contribution in [2.24, 2.45) is 0 Å². The Hall–Kier alpha value is -2.67. The van der Waals surface area contributed by atoms with Crippen molar-refractivity contribution in [3.8, 4) is 6.07 Å². The summed E-state index contributed by atoms with van der Waals surface area (Å²) in [5, 5.41) is 8.91.